The standard InChI is InChI=1S/C13H16ClN3O2/c1-3-11(15-2)13-17-16-12(19-13)8-18-10-6-4-9(14)5-7-10/h4-7,11,15H,3,8H2,1-2H3. The Morgan fingerprint density at radius 1 is 1.32 bits per heavy atom. The van der Waals surface area contributed by atoms with Crippen molar-refractivity contribution in [2.75, 3.05) is 7.05 Å². The number of benzene rings is 1. The quantitative estimate of drug-likeness (QED) is 0.882. The summed E-state index contributed by atoms with van der Waals surface area (Å²) in [6, 6.07) is 7.20. The molecule has 1 atom stereocenters. The lowest BCUT2D eigenvalue weighted by Crippen LogP contribution is -2.15. The van der Waals surface area contributed by atoms with E-state index >= 15 is 0 Å². The highest BCUT2D eigenvalue weighted by Crippen LogP contribution is 2.18. The summed E-state index contributed by atoms with van der Waals surface area (Å²) in [4.78, 5) is 0. The third kappa shape index (κ3) is 3.68. The SMILES string of the molecule is CCC(NC)c1nnc(COc2ccc(Cl)cc2)o1. The third-order valence-electron chi connectivity index (χ3n) is 2.71. The lowest BCUT2D eigenvalue weighted by Gasteiger charge is -2.07. The average Bonchev–Trinajstić information content (AvgIpc) is 2.88. The number of halogens is 1. The van der Waals surface area contributed by atoms with Crippen LogP contribution in [0.1, 0.15) is 31.2 Å². The van der Waals surface area contributed by atoms with Gasteiger partial charge >= 0.3 is 0 Å². The average molecular weight is 282 g/mol. The van der Waals surface area contributed by atoms with Crippen LogP contribution in [0.2, 0.25) is 5.02 Å². The molecule has 0 bridgehead atoms. The van der Waals surface area contributed by atoms with E-state index < -0.39 is 0 Å². The van der Waals surface area contributed by atoms with Gasteiger partial charge in [-0.1, -0.05) is 18.5 Å². The minimum atomic E-state index is 0.0804. The number of ether oxygens (including phenoxy) is 1. The van der Waals surface area contributed by atoms with E-state index in [-0.39, 0.29) is 12.6 Å². The summed E-state index contributed by atoms with van der Waals surface area (Å²) in [6.45, 7) is 2.30. The number of hydrogen-bond acceptors (Lipinski definition) is 5. The zero-order valence-electron chi connectivity index (χ0n) is 10.9. The molecule has 0 saturated heterocycles. The number of nitrogens with one attached hydrogen (secondary N) is 1. The molecule has 6 heteroatoms. The van der Waals surface area contributed by atoms with Gasteiger partial charge in [0, 0.05) is 5.02 Å². The van der Waals surface area contributed by atoms with Gasteiger partial charge in [0.1, 0.15) is 5.75 Å². The van der Waals surface area contributed by atoms with Crippen molar-refractivity contribution in [1.82, 2.24) is 15.5 Å². The first-order valence-corrected chi connectivity index (χ1v) is 6.48. The second kappa shape index (κ2) is 6.54. The van der Waals surface area contributed by atoms with Crippen LogP contribution in [-0.4, -0.2) is 17.2 Å². The Morgan fingerprint density at radius 2 is 2.05 bits per heavy atom. The first-order chi connectivity index (χ1) is 9.22. The molecule has 1 N–H and O–H groups in total. The molecule has 2 aromatic rings. The fraction of sp³-hybridized carbons (Fsp3) is 0.385. The maximum atomic E-state index is 5.80. The van der Waals surface area contributed by atoms with E-state index in [1.807, 2.05) is 7.05 Å². The van der Waals surface area contributed by atoms with Crippen molar-refractivity contribution in [3.05, 3.63) is 41.1 Å². The van der Waals surface area contributed by atoms with E-state index in [2.05, 4.69) is 22.4 Å². The molecule has 1 heterocycles. The van der Waals surface area contributed by atoms with Crippen molar-refractivity contribution in [2.45, 2.75) is 26.0 Å². The largest absolute Gasteiger partial charge is 0.484 e. The number of hydrogen-bond donors (Lipinski definition) is 1. The number of aromatic nitrogens is 2. The Labute approximate surface area is 116 Å². The Kier molecular flexibility index (Phi) is 4.76. The van der Waals surface area contributed by atoms with Gasteiger partial charge in [0.15, 0.2) is 6.61 Å². The first-order valence-electron chi connectivity index (χ1n) is 6.10. The molecule has 1 unspecified atom stereocenters. The Morgan fingerprint density at radius 3 is 2.68 bits per heavy atom. The van der Waals surface area contributed by atoms with Crippen molar-refractivity contribution >= 4 is 11.6 Å². The number of nitrogens with zero attached hydrogens (tertiary/aromatic N) is 2. The van der Waals surface area contributed by atoms with Crippen molar-refractivity contribution < 1.29 is 9.15 Å². The topological polar surface area (TPSA) is 60.2 Å². The predicted molar refractivity (Wildman–Crippen MR) is 72.2 cm³/mol. The second-order valence-corrected chi connectivity index (χ2v) is 4.46. The fourth-order valence-corrected chi connectivity index (χ4v) is 1.77. The fourth-order valence-electron chi connectivity index (χ4n) is 1.64. The van der Waals surface area contributed by atoms with E-state index in [0.717, 1.165) is 6.42 Å². The summed E-state index contributed by atoms with van der Waals surface area (Å²) >= 11 is 5.80. The van der Waals surface area contributed by atoms with Crippen LogP contribution in [0.15, 0.2) is 28.7 Å². The molecule has 19 heavy (non-hydrogen) atoms. The van der Waals surface area contributed by atoms with Gasteiger partial charge in [-0.3, -0.25) is 0 Å². The molecule has 0 radical (unpaired) electrons. The van der Waals surface area contributed by atoms with Crippen molar-refractivity contribution in [3.63, 3.8) is 0 Å². The zero-order chi connectivity index (χ0) is 13.7. The summed E-state index contributed by atoms with van der Waals surface area (Å²) < 4.78 is 11.1. The normalized spacial score (nSPS) is 12.4. The monoisotopic (exact) mass is 281 g/mol. The van der Waals surface area contributed by atoms with Crippen LogP contribution in [0.5, 0.6) is 5.75 Å². The van der Waals surface area contributed by atoms with Crippen LogP contribution < -0.4 is 10.1 Å². The summed E-state index contributed by atoms with van der Waals surface area (Å²) in [5.41, 5.74) is 0. The van der Waals surface area contributed by atoms with Crippen LogP contribution in [0.3, 0.4) is 0 Å². The van der Waals surface area contributed by atoms with Crippen molar-refractivity contribution in [3.8, 4) is 5.75 Å². The molecule has 0 aliphatic heterocycles. The molecule has 1 aromatic heterocycles. The van der Waals surface area contributed by atoms with Gasteiger partial charge in [-0.2, -0.15) is 0 Å². The van der Waals surface area contributed by atoms with Crippen molar-refractivity contribution in [2.24, 2.45) is 0 Å². The van der Waals surface area contributed by atoms with E-state index in [1.165, 1.54) is 0 Å². The Balaban J connectivity index is 1.95. The van der Waals surface area contributed by atoms with Gasteiger partial charge in [0.05, 0.1) is 6.04 Å². The van der Waals surface area contributed by atoms with Crippen LogP contribution in [0, 0.1) is 0 Å². The van der Waals surface area contributed by atoms with Gasteiger partial charge in [-0.05, 0) is 37.7 Å². The summed E-state index contributed by atoms with van der Waals surface area (Å²) in [6.07, 6.45) is 0.885. The highest BCUT2D eigenvalue weighted by molar-refractivity contribution is 6.30. The highest BCUT2D eigenvalue weighted by atomic mass is 35.5. The maximum absolute atomic E-state index is 5.80. The van der Waals surface area contributed by atoms with Crippen LogP contribution in [0.25, 0.3) is 0 Å². The molecule has 0 aliphatic rings. The first kappa shape index (κ1) is 13.8. The van der Waals surface area contributed by atoms with Crippen LogP contribution >= 0.6 is 11.6 Å². The number of rotatable bonds is 6. The highest BCUT2D eigenvalue weighted by Gasteiger charge is 2.14. The lowest BCUT2D eigenvalue weighted by atomic mass is 10.2. The molecule has 0 aliphatic carbocycles. The third-order valence-corrected chi connectivity index (χ3v) is 2.97. The van der Waals surface area contributed by atoms with Gasteiger partial charge in [-0.25, -0.2) is 0 Å². The predicted octanol–water partition coefficient (Wildman–Crippen LogP) is 2.97. The molecule has 0 fully saturated rings. The van der Waals surface area contributed by atoms with E-state index in [9.17, 15) is 0 Å². The summed E-state index contributed by atoms with van der Waals surface area (Å²) in [7, 11) is 1.86. The second-order valence-electron chi connectivity index (χ2n) is 4.03. The Hall–Kier alpha value is -1.59. The maximum Gasteiger partial charge on any atom is 0.253 e. The molecular formula is C13H16ClN3O2. The van der Waals surface area contributed by atoms with Crippen molar-refractivity contribution in [1.29, 1.82) is 0 Å². The molecular weight excluding hydrogens is 266 g/mol. The molecule has 0 spiro atoms. The van der Waals surface area contributed by atoms with Crippen LogP contribution in [0.4, 0.5) is 0 Å². The summed E-state index contributed by atoms with van der Waals surface area (Å²) in [5.74, 6) is 1.75. The van der Waals surface area contributed by atoms with Gasteiger partial charge in [0.2, 0.25) is 5.89 Å². The molecule has 1 aromatic carbocycles. The Bertz CT molecular complexity index is 509. The van der Waals surface area contributed by atoms with Crippen LogP contribution in [-0.2, 0) is 6.61 Å². The molecule has 0 saturated carbocycles. The minimum Gasteiger partial charge on any atom is -0.484 e. The molecule has 5 nitrogen and oxygen atoms in total. The minimum absolute atomic E-state index is 0.0804. The van der Waals surface area contributed by atoms with E-state index in [0.29, 0.717) is 22.6 Å². The molecule has 2 rings (SSSR count). The lowest BCUT2D eigenvalue weighted by molar-refractivity contribution is 0.254. The van der Waals surface area contributed by atoms with Gasteiger partial charge < -0.3 is 14.5 Å². The van der Waals surface area contributed by atoms with Gasteiger partial charge in [-0.15, -0.1) is 10.2 Å². The van der Waals surface area contributed by atoms with E-state index in [4.69, 9.17) is 20.8 Å². The zero-order valence-corrected chi connectivity index (χ0v) is 11.6. The summed E-state index contributed by atoms with van der Waals surface area (Å²) in [5, 5.41) is 11.7. The molecule has 0 amide bonds. The van der Waals surface area contributed by atoms with E-state index in [1.54, 1.807) is 24.3 Å². The van der Waals surface area contributed by atoms with Gasteiger partial charge in [0.25, 0.3) is 5.89 Å². The molecule has 102 valence electrons. The smallest absolute Gasteiger partial charge is 0.253 e.